The van der Waals surface area contributed by atoms with Gasteiger partial charge in [0.2, 0.25) is 0 Å². The molecule has 4 nitrogen and oxygen atoms in total. The highest BCUT2D eigenvalue weighted by molar-refractivity contribution is 5.94. The summed E-state index contributed by atoms with van der Waals surface area (Å²) >= 11 is 0. The van der Waals surface area contributed by atoms with E-state index >= 15 is 0 Å². The molecule has 0 fully saturated rings. The monoisotopic (exact) mass is 258 g/mol. The molecule has 2 aromatic rings. The normalized spacial score (nSPS) is 10.5. The highest BCUT2D eigenvalue weighted by atomic mass is 16.5. The summed E-state index contributed by atoms with van der Waals surface area (Å²) in [7, 11) is 0. The van der Waals surface area contributed by atoms with Gasteiger partial charge in [-0.2, -0.15) is 0 Å². The predicted molar refractivity (Wildman–Crippen MR) is 73.2 cm³/mol. The molecule has 0 aliphatic rings. The Morgan fingerprint density at radius 1 is 1.21 bits per heavy atom. The van der Waals surface area contributed by atoms with Crippen molar-refractivity contribution in [2.24, 2.45) is 0 Å². The molecule has 1 amide bonds. The van der Waals surface area contributed by atoms with Crippen molar-refractivity contribution >= 4 is 5.91 Å². The number of aryl methyl sites for hydroxylation is 3. The number of amides is 1. The molecule has 0 radical (unpaired) electrons. The van der Waals surface area contributed by atoms with Gasteiger partial charge in [0, 0.05) is 24.6 Å². The van der Waals surface area contributed by atoms with Gasteiger partial charge in [0.25, 0.3) is 5.91 Å². The molecule has 0 atom stereocenters. The maximum absolute atomic E-state index is 11.9. The SMILES string of the molecule is Cc1cc(CCNC(=O)c2ccc(C)c(C)c2)no1. The fourth-order valence-electron chi connectivity index (χ4n) is 1.82. The summed E-state index contributed by atoms with van der Waals surface area (Å²) in [5, 5.41) is 6.77. The van der Waals surface area contributed by atoms with Gasteiger partial charge in [-0.3, -0.25) is 4.79 Å². The molecule has 2 rings (SSSR count). The van der Waals surface area contributed by atoms with Crippen molar-refractivity contribution in [2.45, 2.75) is 27.2 Å². The molecular weight excluding hydrogens is 240 g/mol. The molecule has 0 aliphatic heterocycles. The number of hydrogen-bond donors (Lipinski definition) is 1. The lowest BCUT2D eigenvalue weighted by Gasteiger charge is -2.06. The number of nitrogens with zero attached hydrogens (tertiary/aromatic N) is 1. The second kappa shape index (κ2) is 5.69. The second-order valence-electron chi connectivity index (χ2n) is 4.73. The summed E-state index contributed by atoms with van der Waals surface area (Å²) in [4.78, 5) is 11.9. The zero-order valence-electron chi connectivity index (χ0n) is 11.5. The molecule has 0 unspecified atom stereocenters. The van der Waals surface area contributed by atoms with Crippen LogP contribution in [0.4, 0.5) is 0 Å². The minimum Gasteiger partial charge on any atom is -0.361 e. The number of benzene rings is 1. The zero-order valence-corrected chi connectivity index (χ0v) is 11.5. The molecular formula is C15H18N2O2. The Hall–Kier alpha value is -2.10. The quantitative estimate of drug-likeness (QED) is 0.917. The molecule has 0 aliphatic carbocycles. The standard InChI is InChI=1S/C15H18N2O2/c1-10-4-5-13(8-11(10)2)15(18)16-7-6-14-9-12(3)19-17-14/h4-5,8-9H,6-7H2,1-3H3,(H,16,18). The van der Waals surface area contributed by atoms with Crippen molar-refractivity contribution in [3.05, 3.63) is 52.4 Å². The minimum atomic E-state index is -0.0525. The third-order valence-electron chi connectivity index (χ3n) is 3.11. The average molecular weight is 258 g/mol. The molecule has 1 heterocycles. The second-order valence-corrected chi connectivity index (χ2v) is 4.73. The molecule has 4 heteroatoms. The zero-order chi connectivity index (χ0) is 13.8. The van der Waals surface area contributed by atoms with Crippen LogP contribution in [0.1, 0.15) is 32.9 Å². The molecule has 0 bridgehead atoms. The summed E-state index contributed by atoms with van der Waals surface area (Å²) in [5.41, 5.74) is 3.87. The van der Waals surface area contributed by atoms with E-state index in [1.165, 1.54) is 5.56 Å². The van der Waals surface area contributed by atoms with Crippen LogP contribution in [0.25, 0.3) is 0 Å². The maximum atomic E-state index is 11.9. The van der Waals surface area contributed by atoms with Gasteiger partial charge in [0.15, 0.2) is 0 Å². The first-order valence-corrected chi connectivity index (χ1v) is 6.34. The van der Waals surface area contributed by atoms with Crippen LogP contribution in [0, 0.1) is 20.8 Å². The number of carbonyl (C=O) groups excluding carboxylic acids is 1. The van der Waals surface area contributed by atoms with Crippen molar-refractivity contribution in [2.75, 3.05) is 6.54 Å². The highest BCUT2D eigenvalue weighted by Crippen LogP contribution is 2.09. The van der Waals surface area contributed by atoms with Gasteiger partial charge in [-0.05, 0) is 44.0 Å². The topological polar surface area (TPSA) is 55.1 Å². The Balaban J connectivity index is 1.89. The Morgan fingerprint density at radius 2 is 2.00 bits per heavy atom. The smallest absolute Gasteiger partial charge is 0.251 e. The summed E-state index contributed by atoms with van der Waals surface area (Å²) in [6.45, 7) is 6.44. The molecule has 19 heavy (non-hydrogen) atoms. The van der Waals surface area contributed by atoms with Crippen LogP contribution in [-0.4, -0.2) is 17.6 Å². The third kappa shape index (κ3) is 3.44. The van der Waals surface area contributed by atoms with Crippen molar-refractivity contribution in [1.29, 1.82) is 0 Å². The van der Waals surface area contributed by atoms with Gasteiger partial charge in [0.1, 0.15) is 5.76 Å². The lowest BCUT2D eigenvalue weighted by Crippen LogP contribution is -2.25. The third-order valence-corrected chi connectivity index (χ3v) is 3.11. The number of aromatic nitrogens is 1. The number of nitrogens with one attached hydrogen (secondary N) is 1. The van der Waals surface area contributed by atoms with Crippen LogP contribution in [0.5, 0.6) is 0 Å². The van der Waals surface area contributed by atoms with Gasteiger partial charge in [0.05, 0.1) is 5.69 Å². The first-order chi connectivity index (χ1) is 9.06. The summed E-state index contributed by atoms with van der Waals surface area (Å²) in [6, 6.07) is 7.59. The predicted octanol–water partition coefficient (Wildman–Crippen LogP) is 2.57. The molecule has 1 aromatic carbocycles. The Labute approximate surface area is 112 Å². The fourth-order valence-corrected chi connectivity index (χ4v) is 1.82. The molecule has 100 valence electrons. The van der Waals surface area contributed by atoms with Crippen molar-refractivity contribution in [3.8, 4) is 0 Å². The first-order valence-electron chi connectivity index (χ1n) is 6.34. The van der Waals surface area contributed by atoms with Gasteiger partial charge < -0.3 is 9.84 Å². The van der Waals surface area contributed by atoms with Crippen molar-refractivity contribution < 1.29 is 9.32 Å². The van der Waals surface area contributed by atoms with Crippen molar-refractivity contribution in [1.82, 2.24) is 10.5 Å². The largest absolute Gasteiger partial charge is 0.361 e. The van der Waals surface area contributed by atoms with Crippen molar-refractivity contribution in [3.63, 3.8) is 0 Å². The van der Waals surface area contributed by atoms with Gasteiger partial charge >= 0.3 is 0 Å². The highest BCUT2D eigenvalue weighted by Gasteiger charge is 2.07. The molecule has 0 spiro atoms. The average Bonchev–Trinajstić information content (AvgIpc) is 2.78. The van der Waals surface area contributed by atoms with E-state index in [1.54, 1.807) is 0 Å². The van der Waals surface area contributed by atoms with Gasteiger partial charge in [-0.25, -0.2) is 0 Å². The Morgan fingerprint density at radius 3 is 2.63 bits per heavy atom. The Bertz CT molecular complexity index is 588. The number of rotatable bonds is 4. The lowest BCUT2D eigenvalue weighted by molar-refractivity contribution is 0.0954. The number of hydrogen-bond acceptors (Lipinski definition) is 3. The maximum Gasteiger partial charge on any atom is 0.251 e. The van der Waals surface area contributed by atoms with E-state index in [2.05, 4.69) is 10.5 Å². The molecule has 1 N–H and O–H groups in total. The number of carbonyl (C=O) groups is 1. The van der Waals surface area contributed by atoms with Crippen LogP contribution < -0.4 is 5.32 Å². The lowest BCUT2D eigenvalue weighted by atomic mass is 10.1. The minimum absolute atomic E-state index is 0.0525. The van der Waals surface area contributed by atoms with Crippen LogP contribution in [0.3, 0.4) is 0 Å². The van der Waals surface area contributed by atoms with Crippen LogP contribution in [0.2, 0.25) is 0 Å². The van der Waals surface area contributed by atoms with Gasteiger partial charge in [-0.15, -0.1) is 0 Å². The van der Waals surface area contributed by atoms with E-state index in [0.29, 0.717) is 18.5 Å². The van der Waals surface area contributed by atoms with E-state index in [4.69, 9.17) is 4.52 Å². The molecule has 0 saturated heterocycles. The van der Waals surface area contributed by atoms with E-state index in [1.807, 2.05) is 45.0 Å². The van der Waals surface area contributed by atoms with Crippen LogP contribution in [-0.2, 0) is 6.42 Å². The van der Waals surface area contributed by atoms with Crippen LogP contribution in [0.15, 0.2) is 28.8 Å². The summed E-state index contributed by atoms with van der Waals surface area (Å²) < 4.78 is 4.97. The summed E-state index contributed by atoms with van der Waals surface area (Å²) in [6.07, 6.45) is 0.675. The van der Waals surface area contributed by atoms with E-state index in [0.717, 1.165) is 17.0 Å². The van der Waals surface area contributed by atoms with Crippen LogP contribution >= 0.6 is 0 Å². The fraction of sp³-hybridized carbons (Fsp3) is 0.333. The van der Waals surface area contributed by atoms with E-state index in [-0.39, 0.29) is 5.91 Å². The van der Waals surface area contributed by atoms with E-state index < -0.39 is 0 Å². The molecule has 0 saturated carbocycles. The van der Waals surface area contributed by atoms with E-state index in [9.17, 15) is 4.79 Å². The summed E-state index contributed by atoms with van der Waals surface area (Å²) in [5.74, 6) is 0.735. The molecule has 1 aromatic heterocycles. The van der Waals surface area contributed by atoms with Gasteiger partial charge in [-0.1, -0.05) is 11.2 Å². The Kier molecular flexibility index (Phi) is 4.00. The first kappa shape index (κ1) is 13.3.